The quantitative estimate of drug-likeness (QED) is 0.501. The summed E-state index contributed by atoms with van der Waals surface area (Å²) in [6.07, 6.45) is 1.50. The van der Waals surface area contributed by atoms with Gasteiger partial charge >= 0.3 is 0 Å². The van der Waals surface area contributed by atoms with Crippen molar-refractivity contribution in [3.8, 4) is 17.2 Å². The van der Waals surface area contributed by atoms with Crippen LogP contribution >= 0.6 is 0 Å². The molecule has 0 fully saturated rings. The van der Waals surface area contributed by atoms with Crippen molar-refractivity contribution in [1.29, 1.82) is 0 Å². The van der Waals surface area contributed by atoms with Gasteiger partial charge in [0.2, 0.25) is 5.75 Å². The monoisotopic (exact) mass is 382 g/mol. The highest BCUT2D eigenvalue weighted by Crippen LogP contribution is 2.38. The second-order valence-corrected chi connectivity index (χ2v) is 5.95. The van der Waals surface area contributed by atoms with Crippen molar-refractivity contribution in [2.75, 3.05) is 21.3 Å². The number of hydrogen-bond donors (Lipinski definition) is 1. The molecule has 146 valence electrons. The molecule has 1 amide bonds. The summed E-state index contributed by atoms with van der Waals surface area (Å²) >= 11 is 0. The first-order chi connectivity index (χ1) is 13.6. The normalized spacial score (nSPS) is 11.0. The molecule has 2 aromatic carbocycles. The molecule has 0 atom stereocenters. The summed E-state index contributed by atoms with van der Waals surface area (Å²) in [5.74, 6) is 1.98. The first-order valence-electron chi connectivity index (χ1n) is 8.61. The molecule has 0 saturated carbocycles. The van der Waals surface area contributed by atoms with E-state index in [-0.39, 0.29) is 12.5 Å². The van der Waals surface area contributed by atoms with E-state index in [2.05, 4.69) is 15.5 Å². The number of carbonyl (C=O) groups excluding carboxylic acids is 1. The van der Waals surface area contributed by atoms with Gasteiger partial charge in [0.15, 0.2) is 11.5 Å². The highest BCUT2D eigenvalue weighted by atomic mass is 16.5. The number of imidazole rings is 1. The molecule has 0 aliphatic heterocycles. The van der Waals surface area contributed by atoms with Gasteiger partial charge in [-0.3, -0.25) is 4.79 Å². The minimum absolute atomic E-state index is 0.118. The average molecular weight is 382 g/mol. The number of nitrogens with one attached hydrogen (secondary N) is 1. The van der Waals surface area contributed by atoms with E-state index in [4.69, 9.17) is 14.2 Å². The van der Waals surface area contributed by atoms with Crippen LogP contribution in [0.15, 0.2) is 41.5 Å². The van der Waals surface area contributed by atoms with Gasteiger partial charge in [0, 0.05) is 5.56 Å². The molecule has 1 aromatic heterocycles. The zero-order chi connectivity index (χ0) is 20.1. The lowest BCUT2D eigenvalue weighted by Crippen LogP contribution is -2.23. The zero-order valence-electron chi connectivity index (χ0n) is 16.2. The lowest BCUT2D eigenvalue weighted by molar-refractivity contribution is -0.121. The van der Waals surface area contributed by atoms with Crippen LogP contribution in [0.4, 0.5) is 0 Å². The second-order valence-electron chi connectivity index (χ2n) is 5.95. The summed E-state index contributed by atoms with van der Waals surface area (Å²) in [6, 6.07) is 11.2. The third-order valence-electron chi connectivity index (χ3n) is 4.27. The maximum Gasteiger partial charge on any atom is 0.260 e. The Morgan fingerprint density at radius 2 is 1.86 bits per heavy atom. The number of amides is 1. The minimum Gasteiger partial charge on any atom is -0.493 e. The van der Waals surface area contributed by atoms with Crippen LogP contribution in [0.5, 0.6) is 17.2 Å². The van der Waals surface area contributed by atoms with Crippen LogP contribution in [0.1, 0.15) is 11.4 Å². The van der Waals surface area contributed by atoms with Crippen molar-refractivity contribution in [2.24, 2.45) is 5.10 Å². The molecule has 1 heterocycles. The van der Waals surface area contributed by atoms with Gasteiger partial charge < -0.3 is 18.8 Å². The SMILES string of the molecule is COc1ccc(/C=N\NC(=O)Cn2c(C)nc3ccccc32)c(OC)c1OC. The summed E-state index contributed by atoms with van der Waals surface area (Å²) in [4.78, 5) is 16.8. The summed E-state index contributed by atoms with van der Waals surface area (Å²) in [5, 5.41) is 4.04. The Bertz CT molecular complexity index is 1030. The molecule has 3 aromatic rings. The van der Waals surface area contributed by atoms with Crippen molar-refractivity contribution in [2.45, 2.75) is 13.5 Å². The van der Waals surface area contributed by atoms with E-state index in [1.807, 2.05) is 35.8 Å². The number of nitrogens with zero attached hydrogens (tertiary/aromatic N) is 3. The van der Waals surface area contributed by atoms with Gasteiger partial charge in [-0.2, -0.15) is 5.10 Å². The fourth-order valence-corrected chi connectivity index (χ4v) is 2.97. The molecule has 0 unspecified atom stereocenters. The van der Waals surface area contributed by atoms with Crippen LogP contribution in [-0.2, 0) is 11.3 Å². The van der Waals surface area contributed by atoms with Gasteiger partial charge in [0.25, 0.3) is 5.91 Å². The number of ether oxygens (including phenoxy) is 3. The molecule has 8 nitrogen and oxygen atoms in total. The largest absolute Gasteiger partial charge is 0.493 e. The van der Waals surface area contributed by atoms with Gasteiger partial charge in [0.1, 0.15) is 12.4 Å². The van der Waals surface area contributed by atoms with Crippen LogP contribution in [-0.4, -0.2) is 43.0 Å². The van der Waals surface area contributed by atoms with Crippen molar-refractivity contribution in [1.82, 2.24) is 15.0 Å². The van der Waals surface area contributed by atoms with E-state index in [1.165, 1.54) is 20.4 Å². The number of methoxy groups -OCH3 is 3. The number of carbonyl (C=O) groups is 1. The molecular weight excluding hydrogens is 360 g/mol. The Kier molecular flexibility index (Phi) is 5.78. The summed E-state index contributed by atoms with van der Waals surface area (Å²) in [5.41, 5.74) is 4.93. The van der Waals surface area contributed by atoms with Crippen molar-refractivity contribution in [3.05, 3.63) is 47.8 Å². The molecule has 0 aliphatic rings. The lowest BCUT2D eigenvalue weighted by atomic mass is 10.2. The van der Waals surface area contributed by atoms with E-state index in [0.29, 0.717) is 22.8 Å². The molecule has 28 heavy (non-hydrogen) atoms. The number of fused-ring (bicyclic) bond motifs is 1. The fourth-order valence-electron chi connectivity index (χ4n) is 2.97. The number of aryl methyl sites for hydroxylation is 1. The Balaban J connectivity index is 1.74. The first kappa shape index (κ1) is 19.2. The predicted molar refractivity (Wildman–Crippen MR) is 106 cm³/mol. The fraction of sp³-hybridized carbons (Fsp3) is 0.250. The highest BCUT2D eigenvalue weighted by Gasteiger charge is 2.15. The molecule has 0 aliphatic carbocycles. The van der Waals surface area contributed by atoms with Crippen LogP contribution in [0.25, 0.3) is 11.0 Å². The minimum atomic E-state index is -0.262. The van der Waals surface area contributed by atoms with E-state index in [1.54, 1.807) is 19.2 Å². The van der Waals surface area contributed by atoms with Gasteiger partial charge in [-0.25, -0.2) is 10.4 Å². The predicted octanol–water partition coefficient (Wildman–Crippen LogP) is 2.52. The van der Waals surface area contributed by atoms with E-state index in [9.17, 15) is 4.79 Å². The second kappa shape index (κ2) is 8.43. The summed E-state index contributed by atoms with van der Waals surface area (Å²) in [7, 11) is 4.61. The molecule has 8 heteroatoms. The zero-order valence-corrected chi connectivity index (χ0v) is 16.2. The lowest BCUT2D eigenvalue weighted by Gasteiger charge is -2.13. The van der Waals surface area contributed by atoms with Crippen LogP contribution in [0, 0.1) is 6.92 Å². The standard InChI is InChI=1S/C20H22N4O4/c1-13-22-15-7-5-6-8-16(15)24(13)12-18(25)23-21-11-14-9-10-17(26-2)20(28-4)19(14)27-3/h5-11H,12H2,1-4H3,(H,23,25)/b21-11-. The van der Waals surface area contributed by atoms with Crippen LogP contribution in [0.3, 0.4) is 0 Å². The molecule has 3 rings (SSSR count). The van der Waals surface area contributed by atoms with E-state index >= 15 is 0 Å². The molecule has 0 saturated heterocycles. The molecular formula is C20H22N4O4. The number of para-hydroxylation sites is 2. The maximum absolute atomic E-state index is 12.3. The van der Waals surface area contributed by atoms with Crippen molar-refractivity contribution < 1.29 is 19.0 Å². The highest BCUT2D eigenvalue weighted by molar-refractivity contribution is 5.87. The summed E-state index contributed by atoms with van der Waals surface area (Å²) in [6.45, 7) is 1.98. The topological polar surface area (TPSA) is 87.0 Å². The van der Waals surface area contributed by atoms with Crippen LogP contribution < -0.4 is 19.6 Å². The molecule has 0 radical (unpaired) electrons. The number of rotatable bonds is 7. The summed E-state index contributed by atoms with van der Waals surface area (Å²) < 4.78 is 17.8. The smallest absolute Gasteiger partial charge is 0.260 e. The third kappa shape index (κ3) is 3.75. The van der Waals surface area contributed by atoms with E-state index < -0.39 is 0 Å². The number of benzene rings is 2. The Morgan fingerprint density at radius 3 is 2.57 bits per heavy atom. The molecule has 0 bridgehead atoms. The van der Waals surface area contributed by atoms with Crippen molar-refractivity contribution in [3.63, 3.8) is 0 Å². The van der Waals surface area contributed by atoms with E-state index in [0.717, 1.165) is 16.9 Å². The average Bonchev–Trinajstić information content (AvgIpc) is 3.02. The van der Waals surface area contributed by atoms with Crippen molar-refractivity contribution >= 4 is 23.2 Å². The van der Waals surface area contributed by atoms with Gasteiger partial charge in [-0.1, -0.05) is 12.1 Å². The van der Waals surface area contributed by atoms with Gasteiger partial charge in [-0.05, 0) is 31.2 Å². The number of hydrogen-bond acceptors (Lipinski definition) is 6. The maximum atomic E-state index is 12.3. The van der Waals surface area contributed by atoms with Gasteiger partial charge in [-0.15, -0.1) is 0 Å². The molecule has 0 spiro atoms. The number of hydrazone groups is 1. The Hall–Kier alpha value is -3.55. The third-order valence-corrected chi connectivity index (χ3v) is 4.27. The van der Waals surface area contributed by atoms with Crippen LogP contribution in [0.2, 0.25) is 0 Å². The molecule has 1 N–H and O–H groups in total. The Labute approximate surface area is 162 Å². The first-order valence-corrected chi connectivity index (χ1v) is 8.61. The Morgan fingerprint density at radius 1 is 1.11 bits per heavy atom. The number of aromatic nitrogens is 2. The van der Waals surface area contributed by atoms with Gasteiger partial charge in [0.05, 0.1) is 38.6 Å².